The van der Waals surface area contributed by atoms with Crippen LogP contribution in [0.2, 0.25) is 0 Å². The number of rotatable bonds is 5. The molecule has 112 valence electrons. The fourth-order valence-corrected chi connectivity index (χ4v) is 3.79. The molecular weight excluding hydrogens is 302 g/mol. The molecule has 0 aliphatic heterocycles. The van der Waals surface area contributed by atoms with Crippen LogP contribution in [0.15, 0.2) is 28.5 Å². The fourth-order valence-electron chi connectivity index (χ4n) is 1.97. The summed E-state index contributed by atoms with van der Waals surface area (Å²) in [6, 6.07) is 7.90. The van der Waals surface area contributed by atoms with Crippen LogP contribution in [0.4, 0.5) is 10.8 Å². The molecule has 0 aliphatic rings. The van der Waals surface area contributed by atoms with Crippen LogP contribution in [0.1, 0.15) is 31.0 Å². The summed E-state index contributed by atoms with van der Waals surface area (Å²) in [5, 5.41) is 3.52. The number of hydrogen-bond acceptors (Lipinski definition) is 5. The average Bonchev–Trinajstić information content (AvgIpc) is 2.75. The Morgan fingerprint density at radius 1 is 1.43 bits per heavy atom. The summed E-state index contributed by atoms with van der Waals surface area (Å²) in [5.74, 6) is 0.715. The fraction of sp³-hybridized carbons (Fsp3) is 0.333. The summed E-state index contributed by atoms with van der Waals surface area (Å²) < 4.78 is 1.000. The third-order valence-electron chi connectivity index (χ3n) is 2.96. The summed E-state index contributed by atoms with van der Waals surface area (Å²) in [7, 11) is 0. The zero-order valence-corrected chi connectivity index (χ0v) is 14.0. The van der Waals surface area contributed by atoms with Crippen molar-refractivity contribution in [2.45, 2.75) is 30.9 Å². The van der Waals surface area contributed by atoms with Gasteiger partial charge in [0.15, 0.2) is 5.13 Å². The highest BCUT2D eigenvalue weighted by Gasteiger charge is 2.11. The maximum atomic E-state index is 12.1. The van der Waals surface area contributed by atoms with Gasteiger partial charge in [0.2, 0.25) is 5.91 Å². The molecule has 0 bridgehead atoms. The van der Waals surface area contributed by atoms with E-state index in [0.717, 1.165) is 21.2 Å². The molecule has 1 aromatic carbocycles. The second-order valence-corrected chi connectivity index (χ2v) is 7.28. The summed E-state index contributed by atoms with van der Waals surface area (Å²) in [5.41, 5.74) is 8.58. The number of thiazole rings is 1. The van der Waals surface area contributed by atoms with Crippen LogP contribution in [-0.4, -0.2) is 16.6 Å². The molecule has 0 aliphatic carbocycles. The van der Waals surface area contributed by atoms with Crippen molar-refractivity contribution in [1.82, 2.24) is 4.98 Å². The zero-order valence-electron chi connectivity index (χ0n) is 12.3. The van der Waals surface area contributed by atoms with E-state index in [1.807, 2.05) is 31.2 Å². The van der Waals surface area contributed by atoms with Crippen LogP contribution in [0.3, 0.4) is 0 Å². The number of benzene rings is 1. The molecule has 0 atom stereocenters. The van der Waals surface area contributed by atoms with E-state index in [-0.39, 0.29) is 5.91 Å². The molecule has 0 spiro atoms. The van der Waals surface area contributed by atoms with Crippen molar-refractivity contribution in [2.75, 3.05) is 16.8 Å². The lowest BCUT2D eigenvalue weighted by Crippen LogP contribution is -2.15. The Morgan fingerprint density at radius 3 is 2.76 bits per heavy atom. The number of para-hydroxylation sites is 1. The first kappa shape index (κ1) is 15.9. The number of nitrogen functional groups attached to an aromatic ring is 1. The van der Waals surface area contributed by atoms with E-state index in [0.29, 0.717) is 16.8 Å². The third-order valence-corrected chi connectivity index (χ3v) is 5.31. The number of carbonyl (C=O) groups is 1. The van der Waals surface area contributed by atoms with E-state index in [1.54, 1.807) is 0 Å². The largest absolute Gasteiger partial charge is 0.375 e. The van der Waals surface area contributed by atoms with Crippen LogP contribution in [-0.2, 0) is 4.79 Å². The lowest BCUT2D eigenvalue weighted by atomic mass is 10.0. The minimum Gasteiger partial charge on any atom is -0.375 e. The predicted molar refractivity (Wildman–Crippen MR) is 91.1 cm³/mol. The van der Waals surface area contributed by atoms with E-state index in [2.05, 4.69) is 24.1 Å². The molecule has 6 heteroatoms. The van der Waals surface area contributed by atoms with Crippen LogP contribution in [0.25, 0.3) is 0 Å². The monoisotopic (exact) mass is 321 g/mol. The van der Waals surface area contributed by atoms with E-state index in [9.17, 15) is 4.79 Å². The van der Waals surface area contributed by atoms with Crippen LogP contribution < -0.4 is 11.1 Å². The van der Waals surface area contributed by atoms with E-state index in [4.69, 9.17) is 5.73 Å². The van der Waals surface area contributed by atoms with Gasteiger partial charge in [-0.05, 0) is 24.5 Å². The molecule has 21 heavy (non-hydrogen) atoms. The van der Waals surface area contributed by atoms with Crippen molar-refractivity contribution in [3.63, 3.8) is 0 Å². The van der Waals surface area contributed by atoms with Crippen LogP contribution in [0.5, 0.6) is 0 Å². The lowest BCUT2D eigenvalue weighted by Gasteiger charge is -2.13. The molecule has 2 aromatic rings. The van der Waals surface area contributed by atoms with Crippen molar-refractivity contribution in [3.05, 3.63) is 35.5 Å². The second kappa shape index (κ2) is 6.95. The Morgan fingerprint density at radius 2 is 2.14 bits per heavy atom. The number of nitrogens with one attached hydrogen (secondary N) is 1. The molecule has 1 aromatic heterocycles. The van der Waals surface area contributed by atoms with Gasteiger partial charge in [-0.1, -0.05) is 43.4 Å². The second-order valence-electron chi connectivity index (χ2n) is 5.00. The molecule has 0 radical (unpaired) electrons. The summed E-state index contributed by atoms with van der Waals surface area (Å²) in [6.07, 6.45) is 0. The summed E-state index contributed by atoms with van der Waals surface area (Å²) in [4.78, 5) is 16.3. The van der Waals surface area contributed by atoms with Crippen molar-refractivity contribution >= 4 is 39.8 Å². The normalized spacial score (nSPS) is 10.9. The first-order valence-corrected chi connectivity index (χ1v) is 8.52. The van der Waals surface area contributed by atoms with Crippen molar-refractivity contribution in [3.8, 4) is 0 Å². The highest BCUT2D eigenvalue weighted by Crippen LogP contribution is 2.30. The predicted octanol–water partition coefficient (Wildman–Crippen LogP) is 3.89. The van der Waals surface area contributed by atoms with Crippen molar-refractivity contribution in [2.24, 2.45) is 0 Å². The minimum atomic E-state index is -0.0144. The first-order valence-electron chi connectivity index (χ1n) is 6.72. The van der Waals surface area contributed by atoms with Gasteiger partial charge in [0, 0.05) is 5.69 Å². The molecule has 4 nitrogen and oxygen atoms in total. The molecule has 0 saturated carbocycles. The van der Waals surface area contributed by atoms with E-state index in [1.165, 1.54) is 23.1 Å². The van der Waals surface area contributed by atoms with E-state index >= 15 is 0 Å². The molecule has 1 heterocycles. The Hall–Kier alpha value is -1.53. The first-order chi connectivity index (χ1) is 9.97. The van der Waals surface area contributed by atoms with Crippen molar-refractivity contribution in [1.29, 1.82) is 0 Å². The lowest BCUT2D eigenvalue weighted by molar-refractivity contribution is -0.113. The maximum absolute atomic E-state index is 12.1. The van der Waals surface area contributed by atoms with Gasteiger partial charge in [0.25, 0.3) is 0 Å². The number of nitrogens with two attached hydrogens (primary N) is 1. The average molecular weight is 321 g/mol. The number of hydrogen-bond donors (Lipinski definition) is 2. The van der Waals surface area contributed by atoms with Gasteiger partial charge in [-0.15, -0.1) is 11.8 Å². The molecule has 1 amide bonds. The van der Waals surface area contributed by atoms with Gasteiger partial charge < -0.3 is 11.1 Å². The van der Waals surface area contributed by atoms with Gasteiger partial charge in [-0.3, -0.25) is 4.79 Å². The number of aryl methyl sites for hydroxylation is 1. The molecule has 0 saturated heterocycles. The summed E-state index contributed by atoms with van der Waals surface area (Å²) in [6.45, 7) is 6.13. The highest BCUT2D eigenvalue weighted by atomic mass is 32.2. The number of aromatic nitrogens is 1. The number of carbonyl (C=O) groups excluding carboxylic acids is 1. The third kappa shape index (κ3) is 4.22. The number of amides is 1. The van der Waals surface area contributed by atoms with Crippen molar-refractivity contribution < 1.29 is 4.79 Å². The Bertz CT molecular complexity index is 638. The number of anilines is 2. The SMILES string of the molecule is Cc1nc(N)sc1SCC(=O)Nc1ccccc1C(C)C. The number of nitrogens with zero attached hydrogens (tertiary/aromatic N) is 1. The quantitative estimate of drug-likeness (QED) is 0.820. The smallest absolute Gasteiger partial charge is 0.234 e. The highest BCUT2D eigenvalue weighted by molar-refractivity contribution is 8.01. The van der Waals surface area contributed by atoms with Gasteiger partial charge in [-0.2, -0.15) is 0 Å². The molecule has 2 rings (SSSR count). The maximum Gasteiger partial charge on any atom is 0.234 e. The molecular formula is C15H19N3OS2. The Balaban J connectivity index is 1.98. The van der Waals surface area contributed by atoms with Gasteiger partial charge in [-0.25, -0.2) is 4.98 Å². The van der Waals surface area contributed by atoms with Gasteiger partial charge in [0.05, 0.1) is 15.7 Å². The summed E-state index contributed by atoms with van der Waals surface area (Å²) >= 11 is 2.89. The topological polar surface area (TPSA) is 68.0 Å². The van der Waals surface area contributed by atoms with Crippen LogP contribution in [0, 0.1) is 6.92 Å². The van der Waals surface area contributed by atoms with Gasteiger partial charge in [0.1, 0.15) is 0 Å². The molecule has 0 unspecified atom stereocenters. The molecule has 0 fully saturated rings. The molecule has 3 N–H and O–H groups in total. The van der Waals surface area contributed by atoms with Gasteiger partial charge >= 0.3 is 0 Å². The Kier molecular flexibility index (Phi) is 5.25. The van der Waals surface area contributed by atoms with E-state index < -0.39 is 0 Å². The standard InChI is InChI=1S/C15H19N3OS2/c1-9(2)11-6-4-5-7-12(11)18-13(19)8-20-14-10(3)17-15(16)21-14/h4-7,9H,8H2,1-3H3,(H2,16,17)(H,18,19). The van der Waals surface area contributed by atoms with Crippen LogP contribution >= 0.6 is 23.1 Å². The number of thioether (sulfide) groups is 1. The minimum absolute atomic E-state index is 0.0144. The zero-order chi connectivity index (χ0) is 15.4. The Labute approximate surface area is 133 Å².